The maximum atomic E-state index is 14.0. The van der Waals surface area contributed by atoms with E-state index in [1.807, 2.05) is 56.3 Å². The zero-order chi connectivity index (χ0) is 35.4. The van der Waals surface area contributed by atoms with Crippen LogP contribution in [-0.2, 0) is 27.8 Å². The monoisotopic (exact) mass is 692 g/mol. The van der Waals surface area contributed by atoms with Gasteiger partial charge in [-0.1, -0.05) is 80.4 Å². The van der Waals surface area contributed by atoms with Crippen LogP contribution in [0.1, 0.15) is 56.4 Å². The lowest BCUT2D eigenvalue weighted by Crippen LogP contribution is -2.58. The van der Waals surface area contributed by atoms with Gasteiger partial charge in [0.2, 0.25) is 15.9 Å². The number of amides is 3. The normalized spacial score (nSPS) is 16.0. The number of urea groups is 1. The molecule has 1 aromatic heterocycles. The number of aliphatic hydroxyl groups excluding tert-OH is 1. The fourth-order valence-electron chi connectivity index (χ4n) is 5.69. The van der Waals surface area contributed by atoms with Crippen molar-refractivity contribution < 1.29 is 28.3 Å². The number of nitrogens with zero attached hydrogens (tertiary/aromatic N) is 4. The van der Waals surface area contributed by atoms with E-state index in [2.05, 4.69) is 20.8 Å². The van der Waals surface area contributed by atoms with E-state index >= 15 is 0 Å². The van der Waals surface area contributed by atoms with Crippen LogP contribution in [-0.4, -0.2) is 89.4 Å². The van der Waals surface area contributed by atoms with E-state index in [1.54, 1.807) is 31.4 Å². The van der Waals surface area contributed by atoms with Crippen molar-refractivity contribution in [3.05, 3.63) is 95.8 Å². The first-order chi connectivity index (χ1) is 23.5. The Morgan fingerprint density at radius 1 is 1.04 bits per heavy atom. The van der Waals surface area contributed by atoms with Gasteiger partial charge in [0.05, 0.1) is 35.5 Å². The van der Waals surface area contributed by atoms with E-state index in [-0.39, 0.29) is 42.8 Å². The van der Waals surface area contributed by atoms with Crippen LogP contribution in [0.15, 0.2) is 89.0 Å². The van der Waals surface area contributed by atoms with Gasteiger partial charge >= 0.3 is 6.03 Å². The average molecular weight is 693 g/mol. The number of nitrogens with one attached hydrogen (secondary N) is 2. The number of carbonyl (C=O) groups is 2. The topological polar surface area (TPSA) is 165 Å². The summed E-state index contributed by atoms with van der Waals surface area (Å²) in [5, 5.41) is 29.5. The molecule has 13 heteroatoms. The minimum absolute atomic E-state index is 0.0483. The smallest absolute Gasteiger partial charge is 0.318 e. The second-order valence-corrected chi connectivity index (χ2v) is 14.7. The molecule has 264 valence electrons. The minimum atomic E-state index is -4.03. The molecule has 0 aliphatic heterocycles. The van der Waals surface area contributed by atoms with E-state index in [0.717, 1.165) is 24.8 Å². The Morgan fingerprint density at radius 3 is 2.33 bits per heavy atom. The molecule has 12 nitrogen and oxygen atoms in total. The van der Waals surface area contributed by atoms with E-state index in [4.69, 9.17) is 5.21 Å². The predicted octanol–water partition coefficient (Wildman–Crippen LogP) is 4.03. The van der Waals surface area contributed by atoms with Gasteiger partial charge in [0, 0.05) is 26.3 Å². The van der Waals surface area contributed by atoms with E-state index in [9.17, 15) is 23.1 Å². The third kappa shape index (κ3) is 10.6. The molecule has 1 aliphatic rings. The summed E-state index contributed by atoms with van der Waals surface area (Å²) < 4.78 is 29.2. The number of aromatic nitrogens is 1. The Labute approximate surface area is 289 Å². The first-order valence-corrected chi connectivity index (χ1v) is 18.2. The molecule has 49 heavy (non-hydrogen) atoms. The number of carbonyl (C=O) groups excluding carboxylic acids is 2. The Hall–Kier alpha value is -4.33. The maximum absolute atomic E-state index is 14.0. The second kappa shape index (κ2) is 17.9. The molecule has 2 aromatic carbocycles. The van der Waals surface area contributed by atoms with Crippen molar-refractivity contribution in [2.75, 3.05) is 20.1 Å². The Bertz CT molecular complexity index is 1620. The van der Waals surface area contributed by atoms with Gasteiger partial charge in [-0.2, -0.15) is 4.31 Å². The van der Waals surface area contributed by atoms with Crippen molar-refractivity contribution in [3.8, 4) is 0 Å². The Balaban J connectivity index is 1.56. The van der Waals surface area contributed by atoms with Crippen LogP contribution in [0.25, 0.3) is 0 Å². The molecule has 1 heterocycles. The van der Waals surface area contributed by atoms with Crippen molar-refractivity contribution in [2.24, 2.45) is 17.0 Å². The Kier molecular flexibility index (Phi) is 13.7. The molecule has 3 aromatic rings. The number of pyridine rings is 1. The molecule has 0 radical (unpaired) electrons. The summed E-state index contributed by atoms with van der Waals surface area (Å²) in [6.07, 6.45) is 5.22. The molecular weight excluding hydrogens is 644 g/mol. The van der Waals surface area contributed by atoms with E-state index < -0.39 is 40.1 Å². The molecule has 4 atom stereocenters. The van der Waals surface area contributed by atoms with Crippen LogP contribution in [0.4, 0.5) is 4.79 Å². The molecule has 1 saturated carbocycles. The Morgan fingerprint density at radius 2 is 1.73 bits per heavy atom. The quantitative estimate of drug-likeness (QED) is 0.0943. The van der Waals surface area contributed by atoms with Crippen LogP contribution < -0.4 is 10.6 Å². The fraction of sp³-hybridized carbons (Fsp3) is 0.444. The molecule has 1 fully saturated rings. The lowest BCUT2D eigenvalue weighted by atomic mass is 9.85. The van der Waals surface area contributed by atoms with Crippen LogP contribution in [0.2, 0.25) is 0 Å². The third-order valence-corrected chi connectivity index (χ3v) is 11.0. The summed E-state index contributed by atoms with van der Waals surface area (Å²) in [6, 6.07) is 18.5. The predicted molar refractivity (Wildman–Crippen MR) is 187 cm³/mol. The maximum Gasteiger partial charge on any atom is 0.318 e. The lowest BCUT2D eigenvalue weighted by molar-refractivity contribution is -0.125. The van der Waals surface area contributed by atoms with Crippen molar-refractivity contribution in [3.63, 3.8) is 0 Å². The van der Waals surface area contributed by atoms with Gasteiger partial charge in [0.15, 0.2) is 0 Å². The number of hydrogen-bond donors (Lipinski definition) is 4. The van der Waals surface area contributed by atoms with Gasteiger partial charge in [-0.05, 0) is 66.5 Å². The zero-order valence-electron chi connectivity index (χ0n) is 28.4. The van der Waals surface area contributed by atoms with Crippen molar-refractivity contribution in [1.29, 1.82) is 0 Å². The highest BCUT2D eigenvalue weighted by Crippen LogP contribution is 2.30. The standard InChI is InChI=1S/C36H48N6O6S/c1-4-26(2)34(40-36(45)41(3)24-30-15-8-9-20-37-30)35(44)39-32(21-27-11-6-5-7-12-27)33(43)25-42(23-29-13-10-14-29)49(47,48)31-18-16-28(17-19-31)22-38-46/h5-9,11-12,15-20,22,26,29,32-34,43,46H,4,10,13-14,21,23-25H2,1-3H3,(H,39,44)(H,40,45)/b38-22+/t26?,32-,33+,34?/m0/s1. The summed E-state index contributed by atoms with van der Waals surface area (Å²) in [4.78, 5) is 33.0. The SMILES string of the molecule is CCC(C)C(NC(=O)N(C)Cc1ccccn1)C(=O)N[C@@H](Cc1ccccc1)[C@H](O)CN(CC1CCC1)S(=O)(=O)c1ccc(/C=N/O)cc1. The summed E-state index contributed by atoms with van der Waals surface area (Å²) in [5.74, 6) is -0.544. The minimum Gasteiger partial charge on any atom is -0.411 e. The molecule has 4 rings (SSSR count). The number of rotatable bonds is 17. The molecule has 0 spiro atoms. The highest BCUT2D eigenvalue weighted by molar-refractivity contribution is 7.89. The molecule has 4 N–H and O–H groups in total. The third-order valence-electron chi connectivity index (χ3n) is 9.14. The van der Waals surface area contributed by atoms with Crippen LogP contribution >= 0.6 is 0 Å². The first kappa shape index (κ1) is 37.5. The second-order valence-electron chi connectivity index (χ2n) is 12.8. The zero-order valence-corrected chi connectivity index (χ0v) is 29.2. The van der Waals surface area contributed by atoms with Crippen LogP contribution in [0.3, 0.4) is 0 Å². The number of sulfonamides is 1. The number of benzene rings is 2. The summed E-state index contributed by atoms with van der Waals surface area (Å²) in [6.45, 7) is 4.04. The summed E-state index contributed by atoms with van der Waals surface area (Å²) >= 11 is 0. The van der Waals surface area contributed by atoms with Gasteiger partial charge < -0.3 is 25.8 Å². The summed E-state index contributed by atoms with van der Waals surface area (Å²) in [7, 11) is -2.41. The lowest BCUT2D eigenvalue weighted by Gasteiger charge is -2.35. The number of hydrogen-bond acceptors (Lipinski definition) is 8. The van der Waals surface area contributed by atoms with Gasteiger partial charge in [-0.3, -0.25) is 9.78 Å². The van der Waals surface area contributed by atoms with Gasteiger partial charge in [-0.25, -0.2) is 13.2 Å². The van der Waals surface area contributed by atoms with Crippen molar-refractivity contribution in [2.45, 2.75) is 75.6 Å². The van der Waals surface area contributed by atoms with Crippen LogP contribution in [0, 0.1) is 11.8 Å². The van der Waals surface area contributed by atoms with Gasteiger partial charge in [0.1, 0.15) is 6.04 Å². The molecular formula is C36H48N6O6S. The molecule has 2 unspecified atom stereocenters. The fourth-order valence-corrected chi connectivity index (χ4v) is 7.22. The number of aliphatic hydroxyl groups is 1. The highest BCUT2D eigenvalue weighted by atomic mass is 32.2. The molecule has 3 amide bonds. The van der Waals surface area contributed by atoms with E-state index in [0.29, 0.717) is 17.7 Å². The largest absolute Gasteiger partial charge is 0.411 e. The van der Waals surface area contributed by atoms with Gasteiger partial charge in [-0.15, -0.1) is 0 Å². The van der Waals surface area contributed by atoms with Crippen molar-refractivity contribution in [1.82, 2.24) is 24.8 Å². The highest BCUT2D eigenvalue weighted by Gasteiger charge is 2.35. The molecule has 0 saturated heterocycles. The number of oxime groups is 1. The first-order valence-electron chi connectivity index (χ1n) is 16.7. The van der Waals surface area contributed by atoms with Crippen molar-refractivity contribution >= 4 is 28.2 Å². The molecule has 0 bridgehead atoms. The van der Waals surface area contributed by atoms with Gasteiger partial charge in [0.25, 0.3) is 0 Å². The average Bonchev–Trinajstić information content (AvgIpc) is 3.08. The molecule has 1 aliphatic carbocycles. The van der Waals surface area contributed by atoms with Crippen LogP contribution in [0.5, 0.6) is 0 Å². The summed E-state index contributed by atoms with van der Waals surface area (Å²) in [5.41, 5.74) is 2.08. The van der Waals surface area contributed by atoms with E-state index in [1.165, 1.54) is 27.6 Å².